The Kier molecular flexibility index (Phi) is 4.39. The largest absolute Gasteiger partial charge is 0.398 e. The number of anilines is 1. The summed E-state index contributed by atoms with van der Waals surface area (Å²) in [5, 5.41) is 0. The van der Waals surface area contributed by atoms with Gasteiger partial charge < -0.3 is 5.73 Å². The molecule has 2 N–H and O–H groups in total. The number of nitrogen functional groups attached to an aromatic ring is 1. The number of ketones is 1. The standard InChI is InChI=1S/C15H15NO3S2/c1-10(17)14-8-5-12(9-15(14)16)20-11-3-6-13(7-4-11)21(2,18)19/h3-9H,16H2,1-2H3. The lowest BCUT2D eigenvalue weighted by Gasteiger charge is -2.06. The van der Waals surface area contributed by atoms with Crippen molar-refractivity contribution in [3.8, 4) is 0 Å². The molecular formula is C15H15NO3S2. The third-order valence-corrected chi connectivity index (χ3v) is 5.02. The number of Topliss-reactive ketones (excluding diaryl/α,β-unsaturated/α-hetero) is 1. The van der Waals surface area contributed by atoms with Crippen molar-refractivity contribution in [1.82, 2.24) is 0 Å². The van der Waals surface area contributed by atoms with Gasteiger partial charge in [-0.05, 0) is 49.4 Å². The third-order valence-electron chi connectivity index (χ3n) is 2.89. The van der Waals surface area contributed by atoms with E-state index in [0.717, 1.165) is 9.79 Å². The molecular weight excluding hydrogens is 306 g/mol. The van der Waals surface area contributed by atoms with Crippen molar-refractivity contribution >= 4 is 33.1 Å². The Balaban J connectivity index is 2.23. The van der Waals surface area contributed by atoms with Crippen molar-refractivity contribution < 1.29 is 13.2 Å². The SMILES string of the molecule is CC(=O)c1ccc(Sc2ccc(S(C)(=O)=O)cc2)cc1N. The van der Waals surface area contributed by atoms with Crippen molar-refractivity contribution in [1.29, 1.82) is 0 Å². The first-order valence-corrected chi connectivity index (χ1v) is 8.86. The van der Waals surface area contributed by atoms with Crippen LogP contribution in [0.15, 0.2) is 57.2 Å². The molecule has 6 heteroatoms. The van der Waals surface area contributed by atoms with Crippen LogP contribution in [0.1, 0.15) is 17.3 Å². The van der Waals surface area contributed by atoms with E-state index in [1.807, 2.05) is 6.07 Å². The lowest BCUT2D eigenvalue weighted by molar-refractivity contribution is 0.101. The van der Waals surface area contributed by atoms with Gasteiger partial charge in [-0.15, -0.1) is 0 Å². The lowest BCUT2D eigenvalue weighted by Crippen LogP contribution is -1.99. The molecule has 0 aliphatic carbocycles. The summed E-state index contributed by atoms with van der Waals surface area (Å²) in [5.41, 5.74) is 6.79. The van der Waals surface area contributed by atoms with Crippen molar-refractivity contribution in [3.63, 3.8) is 0 Å². The second-order valence-corrected chi connectivity index (χ2v) is 7.81. The van der Waals surface area contributed by atoms with Gasteiger partial charge in [0.25, 0.3) is 0 Å². The van der Waals surface area contributed by atoms with E-state index in [2.05, 4.69) is 0 Å². The van der Waals surface area contributed by atoms with E-state index in [0.29, 0.717) is 16.1 Å². The fraction of sp³-hybridized carbons (Fsp3) is 0.133. The maximum atomic E-state index is 11.4. The molecule has 21 heavy (non-hydrogen) atoms. The predicted octanol–water partition coefficient (Wildman–Crippen LogP) is 3.03. The fourth-order valence-corrected chi connectivity index (χ4v) is 3.31. The minimum absolute atomic E-state index is 0.0680. The molecule has 0 amide bonds. The van der Waals surface area contributed by atoms with Crippen LogP contribution in [0.3, 0.4) is 0 Å². The minimum atomic E-state index is -3.18. The zero-order chi connectivity index (χ0) is 15.6. The second kappa shape index (κ2) is 5.91. The zero-order valence-electron chi connectivity index (χ0n) is 11.7. The highest BCUT2D eigenvalue weighted by Crippen LogP contribution is 2.30. The Bertz CT molecular complexity index is 781. The number of rotatable bonds is 4. The van der Waals surface area contributed by atoms with Crippen molar-refractivity contribution in [3.05, 3.63) is 48.0 Å². The first-order valence-electron chi connectivity index (χ1n) is 6.16. The smallest absolute Gasteiger partial charge is 0.175 e. The Morgan fingerprint density at radius 3 is 2.10 bits per heavy atom. The lowest BCUT2D eigenvalue weighted by atomic mass is 10.1. The molecule has 2 aromatic carbocycles. The molecule has 110 valence electrons. The molecule has 0 unspecified atom stereocenters. The zero-order valence-corrected chi connectivity index (χ0v) is 13.3. The molecule has 2 aromatic rings. The summed E-state index contributed by atoms with van der Waals surface area (Å²) in [5.74, 6) is -0.0680. The van der Waals surface area contributed by atoms with E-state index in [1.54, 1.807) is 36.4 Å². The monoisotopic (exact) mass is 321 g/mol. The van der Waals surface area contributed by atoms with Gasteiger partial charge in [0, 0.05) is 27.3 Å². The van der Waals surface area contributed by atoms with Crippen LogP contribution in [0.2, 0.25) is 0 Å². The van der Waals surface area contributed by atoms with Gasteiger partial charge in [0.2, 0.25) is 0 Å². The average molecular weight is 321 g/mol. The Hall–Kier alpha value is -1.79. The van der Waals surface area contributed by atoms with Gasteiger partial charge in [0.05, 0.1) is 4.90 Å². The molecule has 0 heterocycles. The first-order chi connectivity index (χ1) is 9.77. The van der Waals surface area contributed by atoms with Crippen LogP contribution in [0.5, 0.6) is 0 Å². The van der Waals surface area contributed by atoms with Crippen molar-refractivity contribution in [2.45, 2.75) is 21.6 Å². The van der Waals surface area contributed by atoms with E-state index in [4.69, 9.17) is 5.73 Å². The molecule has 0 saturated carbocycles. The summed E-state index contributed by atoms with van der Waals surface area (Å²) in [6.07, 6.45) is 1.18. The topological polar surface area (TPSA) is 77.2 Å². The summed E-state index contributed by atoms with van der Waals surface area (Å²) < 4.78 is 22.8. The van der Waals surface area contributed by atoms with E-state index < -0.39 is 9.84 Å². The average Bonchev–Trinajstić information content (AvgIpc) is 2.38. The summed E-state index contributed by atoms with van der Waals surface area (Å²) in [6.45, 7) is 1.47. The number of carbonyl (C=O) groups excluding carboxylic acids is 1. The van der Waals surface area contributed by atoms with Crippen LogP contribution in [0, 0.1) is 0 Å². The Morgan fingerprint density at radius 1 is 1.05 bits per heavy atom. The van der Waals surface area contributed by atoms with E-state index >= 15 is 0 Å². The molecule has 2 rings (SSSR count). The van der Waals surface area contributed by atoms with Crippen LogP contribution in [0.25, 0.3) is 0 Å². The molecule has 0 bridgehead atoms. The van der Waals surface area contributed by atoms with Crippen LogP contribution in [0.4, 0.5) is 5.69 Å². The summed E-state index contributed by atoms with van der Waals surface area (Å²) in [6, 6.07) is 11.9. The number of benzene rings is 2. The molecule has 0 atom stereocenters. The number of carbonyl (C=O) groups is 1. The highest BCUT2D eigenvalue weighted by molar-refractivity contribution is 7.99. The highest BCUT2D eigenvalue weighted by Gasteiger charge is 2.08. The summed E-state index contributed by atoms with van der Waals surface area (Å²) in [7, 11) is -3.18. The molecule has 0 radical (unpaired) electrons. The number of hydrogen-bond donors (Lipinski definition) is 1. The molecule has 4 nitrogen and oxygen atoms in total. The maximum absolute atomic E-state index is 11.4. The normalized spacial score (nSPS) is 11.3. The van der Waals surface area contributed by atoms with Gasteiger partial charge in [-0.25, -0.2) is 8.42 Å². The van der Waals surface area contributed by atoms with Crippen LogP contribution in [-0.2, 0) is 9.84 Å². The third kappa shape index (κ3) is 3.86. The molecule has 0 aliphatic rings. The summed E-state index contributed by atoms with van der Waals surface area (Å²) >= 11 is 1.46. The molecule has 0 saturated heterocycles. The molecule has 0 spiro atoms. The quantitative estimate of drug-likeness (QED) is 0.692. The van der Waals surface area contributed by atoms with E-state index in [-0.39, 0.29) is 5.78 Å². The predicted molar refractivity (Wildman–Crippen MR) is 84.5 cm³/mol. The first kappa shape index (κ1) is 15.6. The summed E-state index contributed by atoms with van der Waals surface area (Å²) in [4.78, 5) is 13.4. The number of nitrogens with two attached hydrogens (primary N) is 1. The molecule has 0 fully saturated rings. The van der Waals surface area contributed by atoms with E-state index in [9.17, 15) is 13.2 Å². The van der Waals surface area contributed by atoms with Crippen molar-refractivity contribution in [2.75, 3.05) is 12.0 Å². The van der Waals surface area contributed by atoms with Gasteiger partial charge >= 0.3 is 0 Å². The van der Waals surface area contributed by atoms with Gasteiger partial charge in [-0.2, -0.15) is 0 Å². The maximum Gasteiger partial charge on any atom is 0.175 e. The highest BCUT2D eigenvalue weighted by atomic mass is 32.2. The van der Waals surface area contributed by atoms with Gasteiger partial charge in [0.15, 0.2) is 15.6 Å². The van der Waals surface area contributed by atoms with Crippen LogP contribution in [-0.4, -0.2) is 20.5 Å². The molecule has 0 aromatic heterocycles. The second-order valence-electron chi connectivity index (χ2n) is 4.65. The fourth-order valence-electron chi connectivity index (χ4n) is 1.82. The Labute approximate surface area is 128 Å². The molecule has 0 aliphatic heterocycles. The number of sulfone groups is 1. The minimum Gasteiger partial charge on any atom is -0.398 e. The van der Waals surface area contributed by atoms with Gasteiger partial charge in [-0.3, -0.25) is 4.79 Å². The van der Waals surface area contributed by atoms with Crippen LogP contribution >= 0.6 is 11.8 Å². The number of hydrogen-bond acceptors (Lipinski definition) is 5. The van der Waals surface area contributed by atoms with E-state index in [1.165, 1.54) is 24.9 Å². The van der Waals surface area contributed by atoms with Crippen LogP contribution < -0.4 is 5.73 Å². The van der Waals surface area contributed by atoms with Crippen molar-refractivity contribution in [2.24, 2.45) is 0 Å². The van der Waals surface area contributed by atoms with Gasteiger partial charge in [0.1, 0.15) is 0 Å². The van der Waals surface area contributed by atoms with Gasteiger partial charge in [-0.1, -0.05) is 11.8 Å². The Morgan fingerprint density at radius 2 is 1.62 bits per heavy atom.